The summed E-state index contributed by atoms with van der Waals surface area (Å²) in [5.41, 5.74) is 7.92. The number of ether oxygens (including phenoxy) is 1. The van der Waals surface area contributed by atoms with Crippen LogP contribution >= 0.6 is 0 Å². The fourth-order valence-corrected chi connectivity index (χ4v) is 1.56. The van der Waals surface area contributed by atoms with Crippen LogP contribution in [-0.2, 0) is 4.74 Å². The normalized spacial score (nSPS) is 10.2. The molecule has 0 bridgehead atoms. The molecule has 0 aliphatic carbocycles. The summed E-state index contributed by atoms with van der Waals surface area (Å²) in [6.07, 6.45) is 1.85. The predicted molar refractivity (Wildman–Crippen MR) is 69.0 cm³/mol. The summed E-state index contributed by atoms with van der Waals surface area (Å²) >= 11 is 0. The van der Waals surface area contributed by atoms with Crippen LogP contribution in [0.1, 0.15) is 28.8 Å². The summed E-state index contributed by atoms with van der Waals surface area (Å²) in [4.78, 5) is 11.8. The second-order valence-corrected chi connectivity index (χ2v) is 4.05. The number of rotatable bonds is 6. The Balaban J connectivity index is 2.42. The van der Waals surface area contributed by atoms with E-state index in [2.05, 4.69) is 5.32 Å². The number of benzene rings is 1. The number of methoxy groups -OCH3 is 1. The van der Waals surface area contributed by atoms with E-state index in [4.69, 9.17) is 10.5 Å². The Bertz CT molecular complexity index is 378. The first-order valence-corrected chi connectivity index (χ1v) is 5.78. The van der Waals surface area contributed by atoms with Gasteiger partial charge in [-0.15, -0.1) is 0 Å². The molecule has 0 atom stereocenters. The van der Waals surface area contributed by atoms with Crippen molar-refractivity contribution < 1.29 is 9.53 Å². The first kappa shape index (κ1) is 13.5. The predicted octanol–water partition coefficient (Wildman–Crippen LogP) is 1.73. The standard InChI is InChI=1S/C13H20N2O2/c1-10-5-6-11(12(14)9-10)13(16)15-7-3-4-8-17-2/h5-6,9H,3-4,7-8,14H2,1-2H3,(H,15,16). The zero-order valence-electron chi connectivity index (χ0n) is 10.5. The van der Waals surface area contributed by atoms with Gasteiger partial charge in [-0.05, 0) is 37.5 Å². The van der Waals surface area contributed by atoms with Crippen molar-refractivity contribution in [3.8, 4) is 0 Å². The van der Waals surface area contributed by atoms with Gasteiger partial charge in [-0.2, -0.15) is 0 Å². The second-order valence-electron chi connectivity index (χ2n) is 4.05. The topological polar surface area (TPSA) is 64.3 Å². The molecule has 17 heavy (non-hydrogen) atoms. The van der Waals surface area contributed by atoms with Crippen molar-refractivity contribution in [2.45, 2.75) is 19.8 Å². The number of aryl methyl sites for hydroxylation is 1. The average Bonchev–Trinajstić information content (AvgIpc) is 2.28. The van der Waals surface area contributed by atoms with Crippen molar-refractivity contribution in [3.63, 3.8) is 0 Å². The minimum Gasteiger partial charge on any atom is -0.398 e. The van der Waals surface area contributed by atoms with Crippen molar-refractivity contribution in [3.05, 3.63) is 29.3 Å². The number of carbonyl (C=O) groups excluding carboxylic acids is 1. The molecule has 94 valence electrons. The number of carbonyl (C=O) groups is 1. The van der Waals surface area contributed by atoms with Crippen molar-refractivity contribution >= 4 is 11.6 Å². The lowest BCUT2D eigenvalue weighted by atomic mass is 10.1. The van der Waals surface area contributed by atoms with Crippen molar-refractivity contribution in [1.29, 1.82) is 0 Å². The molecule has 0 aliphatic rings. The van der Waals surface area contributed by atoms with Gasteiger partial charge >= 0.3 is 0 Å². The number of amides is 1. The number of hydrogen-bond acceptors (Lipinski definition) is 3. The van der Waals surface area contributed by atoms with Gasteiger partial charge < -0.3 is 15.8 Å². The summed E-state index contributed by atoms with van der Waals surface area (Å²) in [5, 5.41) is 2.84. The molecule has 0 unspecified atom stereocenters. The molecule has 0 fully saturated rings. The van der Waals surface area contributed by atoms with E-state index < -0.39 is 0 Å². The first-order chi connectivity index (χ1) is 8.15. The number of nitrogens with two attached hydrogens (primary N) is 1. The Morgan fingerprint density at radius 1 is 1.41 bits per heavy atom. The van der Waals surface area contributed by atoms with Gasteiger partial charge in [0, 0.05) is 25.9 Å². The van der Waals surface area contributed by atoms with Gasteiger partial charge in [0.05, 0.1) is 5.56 Å². The molecule has 4 heteroatoms. The maximum absolute atomic E-state index is 11.8. The van der Waals surface area contributed by atoms with Crippen molar-refractivity contribution in [2.24, 2.45) is 0 Å². The molecule has 3 N–H and O–H groups in total. The molecule has 0 radical (unpaired) electrons. The lowest BCUT2D eigenvalue weighted by Crippen LogP contribution is -2.25. The zero-order chi connectivity index (χ0) is 12.7. The Kier molecular flexibility index (Phi) is 5.49. The molecule has 0 saturated carbocycles. The highest BCUT2D eigenvalue weighted by atomic mass is 16.5. The highest BCUT2D eigenvalue weighted by Gasteiger charge is 2.08. The average molecular weight is 236 g/mol. The van der Waals surface area contributed by atoms with Gasteiger partial charge in [0.1, 0.15) is 0 Å². The van der Waals surface area contributed by atoms with Gasteiger partial charge in [-0.25, -0.2) is 0 Å². The summed E-state index contributed by atoms with van der Waals surface area (Å²) in [6.45, 7) is 3.32. The quantitative estimate of drug-likeness (QED) is 0.584. The van der Waals surface area contributed by atoms with Crippen molar-refractivity contribution in [2.75, 3.05) is 26.0 Å². The van der Waals surface area contributed by atoms with Gasteiger partial charge in [-0.1, -0.05) is 6.07 Å². The van der Waals surface area contributed by atoms with Crippen LogP contribution in [0.5, 0.6) is 0 Å². The number of nitrogen functional groups attached to an aromatic ring is 1. The van der Waals surface area contributed by atoms with Crippen LogP contribution < -0.4 is 11.1 Å². The monoisotopic (exact) mass is 236 g/mol. The minimum absolute atomic E-state index is 0.111. The SMILES string of the molecule is COCCCCNC(=O)c1ccc(C)cc1N. The van der Waals surface area contributed by atoms with Crippen LogP contribution in [0.25, 0.3) is 0 Å². The molecule has 0 aliphatic heterocycles. The Hall–Kier alpha value is -1.55. The molecule has 0 heterocycles. The molecular weight excluding hydrogens is 216 g/mol. The molecule has 1 aromatic carbocycles. The van der Waals surface area contributed by atoms with Crippen molar-refractivity contribution in [1.82, 2.24) is 5.32 Å². The van der Waals surface area contributed by atoms with E-state index >= 15 is 0 Å². The van der Waals surface area contributed by atoms with E-state index in [1.807, 2.05) is 13.0 Å². The molecule has 0 aromatic heterocycles. The van der Waals surface area contributed by atoms with E-state index in [1.165, 1.54) is 0 Å². The molecular formula is C13H20N2O2. The van der Waals surface area contributed by atoms with E-state index in [-0.39, 0.29) is 5.91 Å². The van der Waals surface area contributed by atoms with Gasteiger partial charge in [0.15, 0.2) is 0 Å². The zero-order valence-corrected chi connectivity index (χ0v) is 10.5. The lowest BCUT2D eigenvalue weighted by Gasteiger charge is -2.08. The Morgan fingerprint density at radius 3 is 2.82 bits per heavy atom. The summed E-state index contributed by atoms with van der Waals surface area (Å²) in [7, 11) is 1.67. The van der Waals surface area contributed by atoms with E-state index in [1.54, 1.807) is 19.2 Å². The Morgan fingerprint density at radius 2 is 2.18 bits per heavy atom. The minimum atomic E-state index is -0.111. The second kappa shape index (κ2) is 6.91. The van der Waals surface area contributed by atoms with E-state index in [9.17, 15) is 4.79 Å². The summed E-state index contributed by atoms with van der Waals surface area (Å²) in [5.74, 6) is -0.111. The van der Waals surface area contributed by atoms with E-state index in [0.29, 0.717) is 17.8 Å². The van der Waals surface area contributed by atoms with Crippen LogP contribution in [-0.4, -0.2) is 26.2 Å². The highest BCUT2D eigenvalue weighted by molar-refractivity contribution is 5.99. The number of nitrogens with one attached hydrogen (secondary N) is 1. The van der Waals surface area contributed by atoms with E-state index in [0.717, 1.165) is 25.0 Å². The molecule has 1 aromatic rings. The maximum Gasteiger partial charge on any atom is 0.253 e. The number of unbranched alkanes of at least 4 members (excludes halogenated alkanes) is 1. The smallest absolute Gasteiger partial charge is 0.253 e. The third-order valence-electron chi connectivity index (χ3n) is 2.51. The lowest BCUT2D eigenvalue weighted by molar-refractivity contribution is 0.0952. The third-order valence-corrected chi connectivity index (χ3v) is 2.51. The number of anilines is 1. The fraction of sp³-hybridized carbons (Fsp3) is 0.462. The van der Waals surface area contributed by atoms with Gasteiger partial charge in [0.2, 0.25) is 0 Å². The van der Waals surface area contributed by atoms with Gasteiger partial charge in [-0.3, -0.25) is 4.79 Å². The first-order valence-electron chi connectivity index (χ1n) is 5.78. The Labute approximate surface area is 102 Å². The van der Waals surface area contributed by atoms with Crippen LogP contribution in [0, 0.1) is 6.92 Å². The third kappa shape index (κ3) is 4.44. The van der Waals surface area contributed by atoms with Crippen LogP contribution in [0.4, 0.5) is 5.69 Å². The van der Waals surface area contributed by atoms with Crippen LogP contribution in [0.3, 0.4) is 0 Å². The molecule has 1 rings (SSSR count). The molecule has 4 nitrogen and oxygen atoms in total. The molecule has 0 saturated heterocycles. The molecule has 1 amide bonds. The summed E-state index contributed by atoms with van der Waals surface area (Å²) < 4.78 is 4.93. The summed E-state index contributed by atoms with van der Waals surface area (Å²) in [6, 6.07) is 5.45. The van der Waals surface area contributed by atoms with Crippen LogP contribution in [0.15, 0.2) is 18.2 Å². The number of hydrogen-bond donors (Lipinski definition) is 2. The van der Waals surface area contributed by atoms with Gasteiger partial charge in [0.25, 0.3) is 5.91 Å². The fourth-order valence-electron chi connectivity index (χ4n) is 1.56. The maximum atomic E-state index is 11.8. The largest absolute Gasteiger partial charge is 0.398 e. The highest BCUT2D eigenvalue weighted by Crippen LogP contribution is 2.13. The van der Waals surface area contributed by atoms with Crippen LogP contribution in [0.2, 0.25) is 0 Å². The molecule has 0 spiro atoms.